The van der Waals surface area contributed by atoms with Crippen LogP contribution in [0.4, 0.5) is 5.82 Å². The van der Waals surface area contributed by atoms with Gasteiger partial charge in [-0.1, -0.05) is 0 Å². The first kappa shape index (κ1) is 12.7. The molecule has 0 bridgehead atoms. The van der Waals surface area contributed by atoms with Crippen LogP contribution in [0.15, 0.2) is 33.7 Å². The molecule has 0 radical (unpaired) electrons. The van der Waals surface area contributed by atoms with Crippen LogP contribution in [0.3, 0.4) is 0 Å². The van der Waals surface area contributed by atoms with Crippen LogP contribution in [0, 0.1) is 6.92 Å². The van der Waals surface area contributed by atoms with Crippen molar-refractivity contribution in [3.05, 3.63) is 50.7 Å². The molecule has 94 valence electrons. The molecule has 18 heavy (non-hydrogen) atoms. The molecular formula is C11H12BrN5O. The first-order valence-electron chi connectivity index (χ1n) is 5.25. The summed E-state index contributed by atoms with van der Waals surface area (Å²) in [5, 5.41) is 0. The lowest BCUT2D eigenvalue weighted by molar-refractivity contribution is 0.709. The molecule has 0 aliphatic heterocycles. The maximum atomic E-state index is 11.7. The van der Waals surface area contributed by atoms with Gasteiger partial charge in [0.1, 0.15) is 5.82 Å². The van der Waals surface area contributed by atoms with Gasteiger partial charge in [0.15, 0.2) is 5.82 Å². The van der Waals surface area contributed by atoms with Gasteiger partial charge in [0.05, 0.1) is 6.54 Å². The summed E-state index contributed by atoms with van der Waals surface area (Å²) in [5.74, 6) is 6.38. The SMILES string of the molecule is Cc1cc(NN)nc(Cn2cc(Br)ccc2=O)n1. The standard InChI is InChI=1S/C11H12BrN5O/c1-7-4-9(16-13)15-10(14-7)6-17-5-8(12)2-3-11(17)18/h2-5H,6,13H2,1H3,(H,14,15,16). The predicted octanol–water partition coefficient (Wildman–Crippen LogP) is 1.04. The van der Waals surface area contributed by atoms with Crippen molar-refractivity contribution in [2.24, 2.45) is 5.84 Å². The minimum absolute atomic E-state index is 0.106. The monoisotopic (exact) mass is 309 g/mol. The lowest BCUT2D eigenvalue weighted by atomic mass is 10.4. The zero-order valence-electron chi connectivity index (χ0n) is 9.72. The Morgan fingerprint density at radius 3 is 2.94 bits per heavy atom. The van der Waals surface area contributed by atoms with Crippen LogP contribution in [0.25, 0.3) is 0 Å². The van der Waals surface area contributed by atoms with Gasteiger partial charge in [-0.25, -0.2) is 15.8 Å². The number of aryl methyl sites for hydroxylation is 1. The summed E-state index contributed by atoms with van der Waals surface area (Å²) in [6, 6.07) is 4.91. The number of rotatable bonds is 3. The molecule has 0 fully saturated rings. The van der Waals surface area contributed by atoms with Crippen LogP contribution < -0.4 is 16.8 Å². The predicted molar refractivity (Wildman–Crippen MR) is 72.1 cm³/mol. The normalized spacial score (nSPS) is 10.4. The second-order valence-electron chi connectivity index (χ2n) is 3.77. The molecule has 2 heterocycles. The van der Waals surface area contributed by atoms with Gasteiger partial charge in [-0.15, -0.1) is 0 Å². The molecule has 0 aliphatic rings. The highest BCUT2D eigenvalue weighted by Gasteiger charge is 2.04. The maximum Gasteiger partial charge on any atom is 0.250 e. The third-order valence-electron chi connectivity index (χ3n) is 2.31. The van der Waals surface area contributed by atoms with E-state index in [2.05, 4.69) is 31.3 Å². The molecule has 0 saturated carbocycles. The van der Waals surface area contributed by atoms with Crippen molar-refractivity contribution >= 4 is 21.7 Å². The van der Waals surface area contributed by atoms with E-state index < -0.39 is 0 Å². The van der Waals surface area contributed by atoms with Gasteiger partial charge < -0.3 is 9.99 Å². The van der Waals surface area contributed by atoms with E-state index in [9.17, 15) is 4.79 Å². The van der Waals surface area contributed by atoms with E-state index in [4.69, 9.17) is 5.84 Å². The molecule has 0 aromatic carbocycles. The van der Waals surface area contributed by atoms with Crippen LogP contribution in [-0.4, -0.2) is 14.5 Å². The quantitative estimate of drug-likeness (QED) is 0.653. The summed E-state index contributed by atoms with van der Waals surface area (Å²) in [7, 11) is 0. The molecule has 2 rings (SSSR count). The summed E-state index contributed by atoms with van der Waals surface area (Å²) < 4.78 is 2.35. The van der Waals surface area contributed by atoms with Crippen molar-refractivity contribution in [2.75, 3.05) is 5.43 Å². The molecule has 3 N–H and O–H groups in total. The second-order valence-corrected chi connectivity index (χ2v) is 4.68. The second kappa shape index (κ2) is 5.28. The van der Waals surface area contributed by atoms with Crippen molar-refractivity contribution in [1.29, 1.82) is 0 Å². The van der Waals surface area contributed by atoms with Crippen LogP contribution in [0.5, 0.6) is 0 Å². The first-order chi connectivity index (χ1) is 8.58. The molecule has 0 saturated heterocycles. The van der Waals surface area contributed by atoms with E-state index in [0.29, 0.717) is 18.2 Å². The number of nitrogens with one attached hydrogen (secondary N) is 1. The number of pyridine rings is 1. The largest absolute Gasteiger partial charge is 0.308 e. The van der Waals surface area contributed by atoms with E-state index >= 15 is 0 Å². The van der Waals surface area contributed by atoms with Crippen LogP contribution >= 0.6 is 15.9 Å². The Morgan fingerprint density at radius 1 is 1.44 bits per heavy atom. The first-order valence-corrected chi connectivity index (χ1v) is 6.05. The van der Waals surface area contributed by atoms with Crippen LogP contribution in [-0.2, 0) is 6.54 Å². The minimum atomic E-state index is -0.106. The molecule has 0 spiro atoms. The molecular weight excluding hydrogens is 298 g/mol. The average Bonchev–Trinajstić information content (AvgIpc) is 2.33. The Morgan fingerprint density at radius 2 is 2.22 bits per heavy atom. The van der Waals surface area contributed by atoms with E-state index in [1.807, 2.05) is 6.92 Å². The lowest BCUT2D eigenvalue weighted by Gasteiger charge is -2.07. The van der Waals surface area contributed by atoms with Crippen molar-refractivity contribution in [3.63, 3.8) is 0 Å². The van der Waals surface area contributed by atoms with Crippen molar-refractivity contribution in [2.45, 2.75) is 13.5 Å². The van der Waals surface area contributed by atoms with Gasteiger partial charge in [-0.05, 0) is 28.9 Å². The third-order valence-corrected chi connectivity index (χ3v) is 2.78. The minimum Gasteiger partial charge on any atom is -0.308 e. The summed E-state index contributed by atoms with van der Waals surface area (Å²) in [6.45, 7) is 2.14. The van der Waals surface area contributed by atoms with Gasteiger partial charge in [0.25, 0.3) is 5.56 Å². The number of aromatic nitrogens is 3. The lowest BCUT2D eigenvalue weighted by Crippen LogP contribution is -2.21. The zero-order chi connectivity index (χ0) is 13.1. The van der Waals surface area contributed by atoms with Crippen molar-refractivity contribution in [1.82, 2.24) is 14.5 Å². The molecule has 0 atom stereocenters. The van der Waals surface area contributed by atoms with Crippen molar-refractivity contribution in [3.8, 4) is 0 Å². The van der Waals surface area contributed by atoms with Gasteiger partial charge in [0.2, 0.25) is 0 Å². The Balaban J connectivity index is 2.36. The molecule has 7 heteroatoms. The highest BCUT2D eigenvalue weighted by molar-refractivity contribution is 9.10. The number of nitrogen functional groups attached to an aromatic ring is 1. The number of hydrogen-bond donors (Lipinski definition) is 2. The fraction of sp³-hybridized carbons (Fsp3) is 0.182. The van der Waals surface area contributed by atoms with Crippen molar-refractivity contribution < 1.29 is 0 Å². The molecule has 0 amide bonds. The number of nitrogens with zero attached hydrogens (tertiary/aromatic N) is 3. The molecule has 6 nitrogen and oxygen atoms in total. The summed E-state index contributed by atoms with van der Waals surface area (Å²) >= 11 is 3.32. The number of anilines is 1. The smallest absolute Gasteiger partial charge is 0.250 e. The van der Waals surface area contributed by atoms with E-state index in [1.54, 1.807) is 18.3 Å². The number of nitrogens with two attached hydrogens (primary N) is 1. The van der Waals surface area contributed by atoms with Crippen LogP contribution in [0.2, 0.25) is 0 Å². The Hall–Kier alpha value is -1.73. The van der Waals surface area contributed by atoms with E-state index in [-0.39, 0.29) is 5.56 Å². The summed E-state index contributed by atoms with van der Waals surface area (Å²) in [4.78, 5) is 20.1. The topological polar surface area (TPSA) is 85.8 Å². The number of halogens is 1. The van der Waals surface area contributed by atoms with Gasteiger partial charge in [-0.3, -0.25) is 4.79 Å². The van der Waals surface area contributed by atoms with Gasteiger partial charge >= 0.3 is 0 Å². The Labute approximate surface area is 112 Å². The highest BCUT2D eigenvalue weighted by Crippen LogP contribution is 2.08. The molecule has 0 aliphatic carbocycles. The third kappa shape index (κ3) is 2.93. The van der Waals surface area contributed by atoms with Gasteiger partial charge in [-0.2, -0.15) is 0 Å². The maximum absolute atomic E-state index is 11.7. The average molecular weight is 310 g/mol. The summed E-state index contributed by atoms with van der Waals surface area (Å²) in [5.41, 5.74) is 3.15. The number of hydrazine groups is 1. The molecule has 0 unspecified atom stereocenters. The fourth-order valence-electron chi connectivity index (χ4n) is 1.55. The Kier molecular flexibility index (Phi) is 3.73. The fourth-order valence-corrected chi connectivity index (χ4v) is 1.93. The van der Waals surface area contributed by atoms with E-state index in [0.717, 1.165) is 10.2 Å². The summed E-state index contributed by atoms with van der Waals surface area (Å²) in [6.07, 6.45) is 1.70. The van der Waals surface area contributed by atoms with Gasteiger partial charge in [0, 0.05) is 28.5 Å². The number of hydrogen-bond acceptors (Lipinski definition) is 5. The Bertz CT molecular complexity index is 625. The van der Waals surface area contributed by atoms with Crippen LogP contribution in [0.1, 0.15) is 11.5 Å². The van der Waals surface area contributed by atoms with E-state index in [1.165, 1.54) is 10.6 Å². The molecule has 2 aromatic rings. The zero-order valence-corrected chi connectivity index (χ0v) is 11.3. The highest BCUT2D eigenvalue weighted by atomic mass is 79.9. The molecule has 2 aromatic heterocycles.